The van der Waals surface area contributed by atoms with Gasteiger partial charge in [0.05, 0.1) is 13.2 Å². The molecule has 3 aliphatic carbocycles. The Labute approximate surface area is 144 Å². The number of Topliss-reactive ketones (excluding diaryl/α,β-unsaturated/α-hetero) is 1. The first-order chi connectivity index (χ1) is 11.4. The lowest BCUT2D eigenvalue weighted by molar-refractivity contribution is -0.115. The predicted molar refractivity (Wildman–Crippen MR) is 94.7 cm³/mol. The first-order valence-electron chi connectivity index (χ1n) is 9.08. The van der Waals surface area contributed by atoms with Crippen LogP contribution in [0.25, 0.3) is 0 Å². The predicted octanol–water partition coefficient (Wildman–Crippen LogP) is 4.25. The summed E-state index contributed by atoms with van der Waals surface area (Å²) in [6.07, 6.45) is 3.26. The van der Waals surface area contributed by atoms with Crippen LogP contribution < -0.4 is 10.1 Å². The molecule has 0 spiro atoms. The number of benzene rings is 1. The molecule has 0 aromatic heterocycles. The van der Waals surface area contributed by atoms with Gasteiger partial charge in [-0.05, 0) is 60.6 Å². The Morgan fingerprint density at radius 1 is 1.25 bits per heavy atom. The Kier molecular flexibility index (Phi) is 3.52. The first kappa shape index (κ1) is 15.7. The van der Waals surface area contributed by atoms with Crippen LogP contribution >= 0.6 is 0 Å². The topological polar surface area (TPSA) is 38.3 Å². The van der Waals surface area contributed by atoms with Crippen LogP contribution in [0, 0.1) is 23.2 Å². The fourth-order valence-electron chi connectivity index (χ4n) is 4.65. The molecule has 0 heterocycles. The molecule has 3 atom stereocenters. The molecule has 4 rings (SSSR count). The monoisotopic (exact) mass is 325 g/mol. The van der Waals surface area contributed by atoms with Gasteiger partial charge in [-0.25, -0.2) is 0 Å². The minimum absolute atomic E-state index is 0.303. The van der Waals surface area contributed by atoms with Crippen molar-refractivity contribution >= 4 is 5.78 Å². The van der Waals surface area contributed by atoms with E-state index in [9.17, 15) is 4.79 Å². The van der Waals surface area contributed by atoms with Crippen molar-refractivity contribution in [2.45, 2.75) is 46.1 Å². The summed E-state index contributed by atoms with van der Waals surface area (Å²) >= 11 is 0. The summed E-state index contributed by atoms with van der Waals surface area (Å²) < 4.78 is 5.27. The highest BCUT2D eigenvalue weighted by Gasteiger charge is 2.65. The molecule has 24 heavy (non-hydrogen) atoms. The second-order valence-electron chi connectivity index (χ2n) is 8.30. The van der Waals surface area contributed by atoms with E-state index in [1.54, 1.807) is 7.11 Å². The molecular formula is C21H27NO2. The van der Waals surface area contributed by atoms with E-state index in [2.05, 4.69) is 38.2 Å². The van der Waals surface area contributed by atoms with Crippen LogP contribution in [0.2, 0.25) is 0 Å². The van der Waals surface area contributed by atoms with Gasteiger partial charge in [-0.3, -0.25) is 4.79 Å². The number of rotatable bonds is 5. The normalized spacial score (nSPS) is 30.6. The van der Waals surface area contributed by atoms with E-state index >= 15 is 0 Å². The molecule has 3 fully saturated rings. The van der Waals surface area contributed by atoms with E-state index < -0.39 is 0 Å². The van der Waals surface area contributed by atoms with Crippen LogP contribution in [-0.2, 0) is 4.79 Å². The molecular weight excluding hydrogens is 298 g/mol. The number of ether oxygens (including phenoxy) is 1. The summed E-state index contributed by atoms with van der Waals surface area (Å²) in [7, 11) is 1.69. The minimum atomic E-state index is 0.303. The van der Waals surface area contributed by atoms with E-state index in [0.29, 0.717) is 35.0 Å². The molecule has 0 amide bonds. The molecule has 3 nitrogen and oxygen atoms in total. The lowest BCUT2D eigenvalue weighted by Gasteiger charge is -2.23. The number of carbonyl (C=O) groups excluding carboxylic acids is 1. The molecule has 0 unspecified atom stereocenters. The Morgan fingerprint density at radius 2 is 1.92 bits per heavy atom. The zero-order chi connectivity index (χ0) is 17.1. The van der Waals surface area contributed by atoms with Gasteiger partial charge in [0, 0.05) is 17.7 Å². The average molecular weight is 325 g/mol. The summed E-state index contributed by atoms with van der Waals surface area (Å²) in [6, 6.07) is 8.64. The highest BCUT2D eigenvalue weighted by Crippen LogP contribution is 2.68. The minimum Gasteiger partial charge on any atom is -0.497 e. The molecule has 3 heteroatoms. The molecule has 3 saturated carbocycles. The Balaban J connectivity index is 1.59. The summed E-state index contributed by atoms with van der Waals surface area (Å²) in [5, 5.41) is 3.72. The fourth-order valence-corrected chi connectivity index (χ4v) is 4.65. The molecule has 0 bridgehead atoms. The van der Waals surface area contributed by atoms with Crippen molar-refractivity contribution in [3.05, 3.63) is 41.1 Å². The lowest BCUT2D eigenvalue weighted by atomic mass is 9.94. The van der Waals surface area contributed by atoms with E-state index in [0.717, 1.165) is 23.4 Å². The summed E-state index contributed by atoms with van der Waals surface area (Å²) in [5.74, 6) is 2.95. The summed E-state index contributed by atoms with van der Waals surface area (Å²) in [5.41, 5.74) is 3.77. The fraction of sp³-hybridized carbons (Fsp3) is 0.571. The molecule has 0 aliphatic heterocycles. The third-order valence-electron chi connectivity index (χ3n) is 6.41. The van der Waals surface area contributed by atoms with Crippen molar-refractivity contribution < 1.29 is 9.53 Å². The Hall–Kier alpha value is -1.77. The number of ketones is 1. The summed E-state index contributed by atoms with van der Waals surface area (Å²) in [6.45, 7) is 6.69. The number of hydrogen-bond acceptors (Lipinski definition) is 3. The Morgan fingerprint density at radius 3 is 2.46 bits per heavy atom. The number of methoxy groups -OCH3 is 1. The Bertz CT molecular complexity index is 697. The van der Waals surface area contributed by atoms with Gasteiger partial charge in [0.25, 0.3) is 0 Å². The first-order valence-corrected chi connectivity index (χ1v) is 9.08. The van der Waals surface area contributed by atoms with Gasteiger partial charge in [0.15, 0.2) is 5.78 Å². The molecule has 1 aromatic carbocycles. The van der Waals surface area contributed by atoms with Gasteiger partial charge < -0.3 is 10.1 Å². The standard InChI is InChI=1S/C21H27NO2/c1-12(18-17(23)11-16-19(18)21(16,2)3)22-20(13-5-6-13)14-7-9-15(24-4)10-8-14/h7-10,13,16,19-20,22H,5-6,11H2,1-4H3/t16-,19+,20-/m1/s1. The van der Waals surface area contributed by atoms with Gasteiger partial charge >= 0.3 is 0 Å². The van der Waals surface area contributed by atoms with Crippen LogP contribution in [-0.4, -0.2) is 12.9 Å². The maximum absolute atomic E-state index is 12.4. The van der Waals surface area contributed by atoms with Gasteiger partial charge in [-0.2, -0.15) is 0 Å². The number of nitrogens with one attached hydrogen (secondary N) is 1. The van der Waals surface area contributed by atoms with E-state index in [-0.39, 0.29) is 0 Å². The number of hydrogen-bond donors (Lipinski definition) is 1. The highest BCUT2D eigenvalue weighted by atomic mass is 16.5. The third kappa shape index (κ3) is 2.45. The zero-order valence-electron chi connectivity index (χ0n) is 15.1. The van der Waals surface area contributed by atoms with Crippen LogP contribution in [0.1, 0.15) is 51.6 Å². The van der Waals surface area contributed by atoms with Gasteiger partial charge in [0.1, 0.15) is 5.75 Å². The average Bonchev–Trinajstić information content (AvgIpc) is 3.44. The van der Waals surface area contributed by atoms with Crippen LogP contribution in [0.5, 0.6) is 5.75 Å². The highest BCUT2D eigenvalue weighted by molar-refractivity contribution is 6.01. The molecule has 1 aromatic rings. The molecule has 0 saturated heterocycles. The van der Waals surface area contributed by atoms with Crippen molar-refractivity contribution in [3.63, 3.8) is 0 Å². The summed E-state index contributed by atoms with van der Waals surface area (Å²) in [4.78, 5) is 12.4. The van der Waals surface area contributed by atoms with E-state index in [1.807, 2.05) is 12.1 Å². The van der Waals surface area contributed by atoms with Crippen molar-refractivity contribution in [1.29, 1.82) is 0 Å². The SMILES string of the molecule is COc1ccc([C@H](NC(C)=C2C(=O)C[C@@H]3[C@@H]2C3(C)C)C2CC2)cc1. The maximum atomic E-state index is 12.4. The zero-order valence-corrected chi connectivity index (χ0v) is 15.1. The second-order valence-corrected chi connectivity index (χ2v) is 8.30. The van der Waals surface area contributed by atoms with Gasteiger partial charge in [0.2, 0.25) is 0 Å². The smallest absolute Gasteiger partial charge is 0.161 e. The lowest BCUT2D eigenvalue weighted by Crippen LogP contribution is -2.24. The van der Waals surface area contributed by atoms with Crippen molar-refractivity contribution in [3.8, 4) is 5.75 Å². The van der Waals surface area contributed by atoms with E-state index in [1.165, 1.54) is 18.4 Å². The van der Waals surface area contributed by atoms with Gasteiger partial charge in [-0.15, -0.1) is 0 Å². The number of carbonyl (C=O) groups is 1. The van der Waals surface area contributed by atoms with Crippen LogP contribution in [0.15, 0.2) is 35.5 Å². The van der Waals surface area contributed by atoms with Crippen molar-refractivity contribution in [2.24, 2.45) is 23.2 Å². The second kappa shape index (κ2) is 5.37. The molecule has 1 N–H and O–H groups in total. The van der Waals surface area contributed by atoms with Crippen LogP contribution in [0.3, 0.4) is 0 Å². The van der Waals surface area contributed by atoms with Gasteiger partial charge in [-0.1, -0.05) is 26.0 Å². The third-order valence-corrected chi connectivity index (χ3v) is 6.41. The maximum Gasteiger partial charge on any atom is 0.161 e. The van der Waals surface area contributed by atoms with Crippen LogP contribution in [0.4, 0.5) is 0 Å². The number of fused-ring (bicyclic) bond motifs is 1. The van der Waals surface area contributed by atoms with Crippen molar-refractivity contribution in [2.75, 3.05) is 7.11 Å². The van der Waals surface area contributed by atoms with Crippen molar-refractivity contribution in [1.82, 2.24) is 5.32 Å². The quantitative estimate of drug-likeness (QED) is 0.822. The largest absolute Gasteiger partial charge is 0.497 e. The molecule has 128 valence electrons. The van der Waals surface area contributed by atoms with E-state index in [4.69, 9.17) is 4.74 Å². The number of allylic oxidation sites excluding steroid dienone is 2. The molecule has 3 aliphatic rings. The molecule has 0 radical (unpaired) electrons.